The maximum absolute atomic E-state index is 13.1. The Morgan fingerprint density at radius 3 is 2.16 bits per heavy atom. The zero-order valence-electron chi connectivity index (χ0n) is 15.1. The van der Waals surface area contributed by atoms with Gasteiger partial charge in [0, 0.05) is 12.4 Å². The normalized spacial score (nSPS) is 13.2. The number of rotatable bonds is 7. The smallest absolute Gasteiger partial charge is 0.264 e. The zero-order chi connectivity index (χ0) is 18.4. The first-order valence-corrected chi connectivity index (χ1v) is 8.83. The van der Waals surface area contributed by atoms with Crippen LogP contribution in [0.25, 0.3) is 0 Å². The van der Waals surface area contributed by atoms with Gasteiger partial charge in [-0.05, 0) is 60.3 Å². The largest absolute Gasteiger partial charge is 0.416 e. The van der Waals surface area contributed by atoms with E-state index < -0.39 is 11.7 Å². The van der Waals surface area contributed by atoms with Crippen LogP contribution in [0.4, 0.5) is 13.2 Å². The van der Waals surface area contributed by atoms with Gasteiger partial charge in [0.15, 0.2) is 0 Å². The Morgan fingerprint density at radius 1 is 0.920 bits per heavy atom. The Balaban J connectivity index is 1.98. The SMILES string of the molecule is CC(C)CCc1ccc(CC(C)Cc2cnccc2C(F)(F)F)cc1. The molecular formula is C21H26F3N. The minimum absolute atomic E-state index is 0.117. The minimum atomic E-state index is -4.32. The van der Waals surface area contributed by atoms with Gasteiger partial charge >= 0.3 is 6.18 Å². The molecule has 2 aromatic rings. The lowest BCUT2D eigenvalue weighted by atomic mass is 9.92. The Morgan fingerprint density at radius 2 is 1.56 bits per heavy atom. The van der Waals surface area contributed by atoms with Crippen LogP contribution < -0.4 is 0 Å². The molecule has 0 fully saturated rings. The van der Waals surface area contributed by atoms with Crippen LogP contribution in [0.1, 0.15) is 49.4 Å². The fourth-order valence-electron chi connectivity index (χ4n) is 3.01. The number of nitrogens with zero attached hydrogens (tertiary/aromatic N) is 1. The summed E-state index contributed by atoms with van der Waals surface area (Å²) in [6, 6.07) is 9.52. The highest BCUT2D eigenvalue weighted by atomic mass is 19.4. The first-order valence-electron chi connectivity index (χ1n) is 8.83. The number of benzene rings is 1. The van der Waals surface area contributed by atoms with Crippen molar-refractivity contribution in [3.05, 3.63) is 65.0 Å². The van der Waals surface area contributed by atoms with Gasteiger partial charge in [0.05, 0.1) is 5.56 Å². The second kappa shape index (κ2) is 8.50. The Kier molecular flexibility index (Phi) is 6.63. The summed E-state index contributed by atoms with van der Waals surface area (Å²) in [5, 5.41) is 0. The predicted molar refractivity (Wildman–Crippen MR) is 95.4 cm³/mol. The van der Waals surface area contributed by atoms with Crippen LogP contribution in [0.5, 0.6) is 0 Å². The lowest BCUT2D eigenvalue weighted by Crippen LogP contribution is -2.13. The van der Waals surface area contributed by atoms with Gasteiger partial charge in [0.1, 0.15) is 0 Å². The van der Waals surface area contributed by atoms with Crippen molar-refractivity contribution in [3.63, 3.8) is 0 Å². The van der Waals surface area contributed by atoms with Crippen LogP contribution >= 0.6 is 0 Å². The molecule has 1 nitrogen and oxygen atoms in total. The van der Waals surface area contributed by atoms with E-state index in [4.69, 9.17) is 0 Å². The van der Waals surface area contributed by atoms with Gasteiger partial charge in [-0.1, -0.05) is 45.0 Å². The number of aryl methyl sites for hydroxylation is 1. The van der Waals surface area contributed by atoms with E-state index in [1.54, 1.807) is 0 Å². The summed E-state index contributed by atoms with van der Waals surface area (Å²) in [5.74, 6) is 0.800. The standard InChI is InChI=1S/C21H26F3N/c1-15(2)4-5-17-6-8-18(9-7-17)12-16(3)13-19-14-25-11-10-20(19)21(22,23)24/h6-11,14-16H,4-5,12-13H2,1-3H3. The van der Waals surface area contributed by atoms with Crippen LogP contribution in [-0.2, 0) is 25.4 Å². The Bertz CT molecular complexity index is 660. The van der Waals surface area contributed by atoms with Gasteiger partial charge in [0.2, 0.25) is 0 Å². The molecule has 1 aromatic carbocycles. The highest BCUT2D eigenvalue weighted by Gasteiger charge is 2.33. The number of pyridine rings is 1. The molecule has 25 heavy (non-hydrogen) atoms. The fourth-order valence-corrected chi connectivity index (χ4v) is 3.01. The van der Waals surface area contributed by atoms with E-state index >= 15 is 0 Å². The molecule has 0 saturated carbocycles. The van der Waals surface area contributed by atoms with Gasteiger partial charge in [-0.25, -0.2) is 0 Å². The van der Waals surface area contributed by atoms with Gasteiger partial charge in [-0.3, -0.25) is 4.98 Å². The van der Waals surface area contributed by atoms with Crippen molar-refractivity contribution < 1.29 is 13.2 Å². The van der Waals surface area contributed by atoms with Crippen molar-refractivity contribution in [1.82, 2.24) is 4.98 Å². The van der Waals surface area contributed by atoms with Crippen molar-refractivity contribution >= 4 is 0 Å². The molecule has 1 heterocycles. The van der Waals surface area contributed by atoms with Crippen LogP contribution in [0.2, 0.25) is 0 Å². The predicted octanol–water partition coefficient (Wildman–Crippen LogP) is 6.11. The summed E-state index contributed by atoms with van der Waals surface area (Å²) in [7, 11) is 0. The molecule has 4 heteroatoms. The first kappa shape index (κ1) is 19.5. The molecule has 2 rings (SSSR count). The molecule has 0 aliphatic heterocycles. The zero-order valence-corrected chi connectivity index (χ0v) is 15.1. The Labute approximate surface area is 148 Å². The summed E-state index contributed by atoms with van der Waals surface area (Å²) >= 11 is 0. The van der Waals surface area contributed by atoms with E-state index in [1.165, 1.54) is 23.5 Å². The van der Waals surface area contributed by atoms with E-state index in [9.17, 15) is 13.2 Å². The van der Waals surface area contributed by atoms with E-state index in [0.29, 0.717) is 12.3 Å². The van der Waals surface area contributed by atoms with Gasteiger partial charge in [-0.15, -0.1) is 0 Å². The summed E-state index contributed by atoms with van der Waals surface area (Å²) in [4.78, 5) is 3.87. The monoisotopic (exact) mass is 349 g/mol. The summed E-state index contributed by atoms with van der Waals surface area (Å²) in [6.45, 7) is 6.41. The third kappa shape index (κ3) is 6.18. The van der Waals surface area contributed by atoms with Crippen molar-refractivity contribution in [1.29, 1.82) is 0 Å². The summed E-state index contributed by atoms with van der Waals surface area (Å²) < 4.78 is 39.2. The topological polar surface area (TPSA) is 12.9 Å². The molecule has 0 aliphatic rings. The number of halogens is 3. The van der Waals surface area contributed by atoms with Crippen LogP contribution in [0.15, 0.2) is 42.7 Å². The molecule has 0 saturated heterocycles. The Hall–Kier alpha value is -1.84. The van der Waals surface area contributed by atoms with Gasteiger partial charge in [-0.2, -0.15) is 13.2 Å². The molecular weight excluding hydrogens is 323 g/mol. The maximum Gasteiger partial charge on any atom is 0.416 e. The number of hydrogen-bond donors (Lipinski definition) is 0. The maximum atomic E-state index is 13.1. The van der Waals surface area contributed by atoms with Crippen LogP contribution in [-0.4, -0.2) is 4.98 Å². The second-order valence-corrected chi connectivity index (χ2v) is 7.29. The lowest BCUT2D eigenvalue weighted by Gasteiger charge is -2.16. The fraction of sp³-hybridized carbons (Fsp3) is 0.476. The molecule has 0 radical (unpaired) electrons. The molecule has 1 unspecified atom stereocenters. The third-order valence-corrected chi connectivity index (χ3v) is 4.39. The molecule has 1 aromatic heterocycles. The van der Waals surface area contributed by atoms with E-state index in [-0.39, 0.29) is 11.5 Å². The molecule has 0 amide bonds. The minimum Gasteiger partial charge on any atom is -0.264 e. The van der Waals surface area contributed by atoms with Crippen molar-refractivity contribution in [2.24, 2.45) is 11.8 Å². The van der Waals surface area contributed by atoms with Crippen LogP contribution in [0, 0.1) is 11.8 Å². The van der Waals surface area contributed by atoms with Crippen molar-refractivity contribution in [2.75, 3.05) is 0 Å². The number of hydrogen-bond acceptors (Lipinski definition) is 1. The first-order chi connectivity index (χ1) is 11.8. The third-order valence-electron chi connectivity index (χ3n) is 4.39. The lowest BCUT2D eigenvalue weighted by molar-refractivity contribution is -0.138. The van der Waals surface area contributed by atoms with Gasteiger partial charge in [0.25, 0.3) is 0 Å². The van der Waals surface area contributed by atoms with E-state index in [0.717, 1.165) is 25.3 Å². The highest BCUT2D eigenvalue weighted by molar-refractivity contribution is 5.27. The van der Waals surface area contributed by atoms with Crippen LogP contribution in [0.3, 0.4) is 0 Å². The second-order valence-electron chi connectivity index (χ2n) is 7.29. The van der Waals surface area contributed by atoms with E-state index in [1.807, 2.05) is 6.92 Å². The molecule has 0 N–H and O–H groups in total. The average Bonchev–Trinajstić information content (AvgIpc) is 2.53. The van der Waals surface area contributed by atoms with Crippen molar-refractivity contribution in [3.8, 4) is 0 Å². The molecule has 1 atom stereocenters. The molecule has 0 aliphatic carbocycles. The van der Waals surface area contributed by atoms with E-state index in [2.05, 4.69) is 43.1 Å². The number of alkyl halides is 3. The van der Waals surface area contributed by atoms with Gasteiger partial charge < -0.3 is 0 Å². The summed E-state index contributed by atoms with van der Waals surface area (Å²) in [6.07, 6.45) is 1.58. The molecule has 0 bridgehead atoms. The molecule has 136 valence electrons. The quantitative estimate of drug-likeness (QED) is 0.587. The summed E-state index contributed by atoms with van der Waals surface area (Å²) in [5.41, 5.74) is 2.18. The number of aromatic nitrogens is 1. The molecule has 0 spiro atoms. The van der Waals surface area contributed by atoms with Crippen molar-refractivity contribution in [2.45, 2.75) is 52.6 Å². The highest BCUT2D eigenvalue weighted by Crippen LogP contribution is 2.32. The average molecular weight is 349 g/mol.